The highest BCUT2D eigenvalue weighted by Crippen LogP contribution is 2.47. The Morgan fingerprint density at radius 2 is 1.64 bits per heavy atom. The summed E-state index contributed by atoms with van der Waals surface area (Å²) in [5.41, 5.74) is 8.33. The zero-order valence-electron chi connectivity index (χ0n) is 36.9. The van der Waals surface area contributed by atoms with E-state index in [0.29, 0.717) is 5.92 Å². The number of rotatable bonds is 19. The molecule has 1 radical (unpaired) electrons. The molecule has 2 aromatic rings. The molecule has 0 amide bonds. The largest absolute Gasteiger partial charge is 0.355 e. The van der Waals surface area contributed by atoms with Gasteiger partial charge >= 0.3 is 0 Å². The van der Waals surface area contributed by atoms with Gasteiger partial charge in [-0.3, -0.25) is 0 Å². The highest BCUT2D eigenvalue weighted by atomic mass is 32.1. The summed E-state index contributed by atoms with van der Waals surface area (Å²) in [4.78, 5) is 2.35. The summed E-state index contributed by atoms with van der Waals surface area (Å²) in [6, 6.07) is 7.36. The molecule has 0 aliphatic heterocycles. The molecule has 4 rings (SSSR count). The number of allylic oxidation sites excluding steroid dienone is 12. The van der Waals surface area contributed by atoms with Crippen molar-refractivity contribution in [1.29, 1.82) is 0 Å². The Balaban J connectivity index is 1.61. The monoisotopic (exact) mass is 768 g/mol. The van der Waals surface area contributed by atoms with E-state index in [1.165, 1.54) is 50.1 Å². The van der Waals surface area contributed by atoms with Gasteiger partial charge in [0.15, 0.2) is 7.28 Å². The van der Waals surface area contributed by atoms with E-state index >= 15 is 0 Å². The number of benzene rings is 1. The summed E-state index contributed by atoms with van der Waals surface area (Å²) in [5.74, 6) is 2.76. The Bertz CT molecular complexity index is 1880. The van der Waals surface area contributed by atoms with Crippen molar-refractivity contribution in [1.82, 2.24) is 10.2 Å². The van der Waals surface area contributed by atoms with Crippen LogP contribution in [0.15, 0.2) is 139 Å². The topological polar surface area (TPSA) is 15.3 Å². The minimum Gasteiger partial charge on any atom is -0.355 e. The Kier molecular flexibility index (Phi) is 15.7. The zero-order chi connectivity index (χ0) is 41.1. The van der Waals surface area contributed by atoms with E-state index in [9.17, 15) is 0 Å². The molecule has 0 saturated carbocycles. The third-order valence-corrected chi connectivity index (χ3v) is 12.7. The van der Waals surface area contributed by atoms with Crippen molar-refractivity contribution in [3.63, 3.8) is 0 Å². The molecule has 0 spiro atoms. The molecule has 299 valence electrons. The lowest BCUT2D eigenvalue weighted by Crippen LogP contribution is -2.33. The lowest BCUT2D eigenvalue weighted by molar-refractivity contribution is 0.329. The van der Waals surface area contributed by atoms with Gasteiger partial charge in [-0.1, -0.05) is 136 Å². The molecule has 0 bridgehead atoms. The van der Waals surface area contributed by atoms with Crippen LogP contribution in [-0.4, -0.2) is 18.7 Å². The van der Waals surface area contributed by atoms with E-state index in [2.05, 4.69) is 198 Å². The smallest absolute Gasteiger partial charge is 0.197 e. The van der Waals surface area contributed by atoms with Gasteiger partial charge in [0.2, 0.25) is 0 Å². The van der Waals surface area contributed by atoms with Gasteiger partial charge in [-0.15, -0.1) is 6.58 Å². The highest BCUT2D eigenvalue weighted by molar-refractivity contribution is 7.27. The second-order valence-electron chi connectivity index (χ2n) is 18.9. The van der Waals surface area contributed by atoms with Crippen LogP contribution >= 0.6 is 11.3 Å². The van der Waals surface area contributed by atoms with E-state index in [4.69, 9.17) is 0 Å². The number of fused-ring (bicyclic) bond motifs is 2. The third-order valence-electron chi connectivity index (χ3n) is 11.7. The Morgan fingerprint density at radius 3 is 2.30 bits per heavy atom. The Morgan fingerprint density at radius 1 is 0.964 bits per heavy atom. The van der Waals surface area contributed by atoms with E-state index in [1.807, 2.05) is 23.5 Å². The van der Waals surface area contributed by atoms with Crippen LogP contribution in [0.1, 0.15) is 132 Å². The third kappa shape index (κ3) is 12.9. The van der Waals surface area contributed by atoms with E-state index < -0.39 is 0 Å². The molecule has 56 heavy (non-hydrogen) atoms. The van der Waals surface area contributed by atoms with Crippen LogP contribution in [0.5, 0.6) is 0 Å². The van der Waals surface area contributed by atoms with Crippen molar-refractivity contribution in [2.75, 3.05) is 6.54 Å². The minimum atomic E-state index is 0.0961. The Labute approximate surface area is 347 Å². The van der Waals surface area contributed by atoms with Gasteiger partial charge in [0.1, 0.15) is 0 Å². The van der Waals surface area contributed by atoms with Crippen LogP contribution in [0.4, 0.5) is 0 Å². The van der Waals surface area contributed by atoms with Crippen molar-refractivity contribution < 1.29 is 0 Å². The molecule has 0 saturated heterocycles. The van der Waals surface area contributed by atoms with Crippen LogP contribution in [0.2, 0.25) is 0 Å². The molecule has 1 N–H and O–H groups in total. The predicted octanol–water partition coefficient (Wildman–Crippen LogP) is 14.3. The molecule has 1 heterocycles. The first-order valence-electron chi connectivity index (χ1n) is 21.0. The second kappa shape index (κ2) is 19.6. The van der Waals surface area contributed by atoms with Crippen molar-refractivity contribution in [3.05, 3.63) is 150 Å². The summed E-state index contributed by atoms with van der Waals surface area (Å²) in [6.07, 6.45) is 36.5. The maximum atomic E-state index is 4.05. The maximum Gasteiger partial charge on any atom is 0.197 e. The first kappa shape index (κ1) is 45.0. The van der Waals surface area contributed by atoms with Gasteiger partial charge in [0.25, 0.3) is 0 Å². The van der Waals surface area contributed by atoms with Gasteiger partial charge in [-0.2, -0.15) is 11.3 Å². The van der Waals surface area contributed by atoms with Gasteiger partial charge in [0.05, 0.1) is 0 Å². The number of nitrogens with zero attached hydrogens (tertiary/aromatic N) is 1. The molecule has 4 heteroatoms. The number of unbranched alkanes of at least 4 members (excludes halogenated alkanes) is 1. The summed E-state index contributed by atoms with van der Waals surface area (Å²) in [6.45, 7) is 34.4. The average Bonchev–Trinajstić information content (AvgIpc) is 3.54. The quantitative estimate of drug-likeness (QED) is 0.0663. The van der Waals surface area contributed by atoms with Crippen LogP contribution in [0.3, 0.4) is 0 Å². The Hall–Kier alpha value is -3.76. The lowest BCUT2D eigenvalue weighted by atomic mass is 9.63. The van der Waals surface area contributed by atoms with E-state index in [-0.39, 0.29) is 21.7 Å². The molecule has 2 aliphatic rings. The zero-order valence-corrected chi connectivity index (χ0v) is 37.7. The summed E-state index contributed by atoms with van der Waals surface area (Å²) in [7, 11) is 2.30. The summed E-state index contributed by atoms with van der Waals surface area (Å²) < 4.78 is 2.67. The molecule has 1 atom stereocenters. The van der Waals surface area contributed by atoms with Crippen LogP contribution < -0.4 is 10.1 Å². The second-order valence-corrected chi connectivity index (χ2v) is 20.0. The molecular weight excluding hydrogens is 695 g/mol. The molecular formula is C52H72BN2S. The van der Waals surface area contributed by atoms with Crippen LogP contribution in [-0.2, 0) is 10.8 Å². The fourth-order valence-corrected chi connectivity index (χ4v) is 8.72. The van der Waals surface area contributed by atoms with Crippen LogP contribution in [0, 0.1) is 16.7 Å². The van der Waals surface area contributed by atoms with E-state index in [0.717, 1.165) is 50.0 Å². The van der Waals surface area contributed by atoms with Gasteiger partial charge < -0.3 is 10.2 Å². The minimum absolute atomic E-state index is 0.0961. The molecule has 1 unspecified atom stereocenters. The standard InChI is InChI=1S/C52H72BN2S/c1-14-17-18-19-22-41-24-23-39(4)34-46(41)54-43(21-15-2)25-33-55(32-20-27-50(8,9)29-28-49(6,7)26-16-3)40(5)38-53-48-36-42-35-44-45(37-47(42)56-48)52(12,13)31-30-51(44,10)11/h14-16,19-22,24-27,33-39,54H,1-2,17-18,23,28-32H2,3-13H3/b22-19+,26-16+,27-20+,33-25+,40-38-,43-21+. The number of hydrogen-bond donors (Lipinski definition) is 1. The van der Waals surface area contributed by atoms with Gasteiger partial charge in [-0.25, -0.2) is 0 Å². The normalized spacial score (nSPS) is 19.2. The first-order valence-corrected chi connectivity index (χ1v) is 21.9. The molecule has 0 fully saturated rings. The summed E-state index contributed by atoms with van der Waals surface area (Å²) in [5, 5.41) is 5.11. The number of thiophene rings is 1. The van der Waals surface area contributed by atoms with Crippen LogP contribution in [0.25, 0.3) is 10.1 Å². The lowest BCUT2D eigenvalue weighted by Gasteiger charge is -2.41. The fourth-order valence-electron chi connectivity index (χ4n) is 7.73. The van der Waals surface area contributed by atoms with Gasteiger partial charge in [-0.05, 0) is 144 Å². The number of nitrogens with one attached hydrogen (secondary N) is 1. The average molecular weight is 768 g/mol. The van der Waals surface area contributed by atoms with E-state index in [1.54, 1.807) is 0 Å². The van der Waals surface area contributed by atoms with Crippen molar-refractivity contribution in [2.24, 2.45) is 16.7 Å². The maximum absolute atomic E-state index is 4.05. The molecule has 1 aromatic heterocycles. The first-order chi connectivity index (χ1) is 26.4. The number of hydrogen-bond acceptors (Lipinski definition) is 3. The fraction of sp³-hybridized carbons (Fsp3) is 0.462. The molecule has 2 nitrogen and oxygen atoms in total. The van der Waals surface area contributed by atoms with Crippen molar-refractivity contribution >= 4 is 33.5 Å². The summed E-state index contributed by atoms with van der Waals surface area (Å²) >= 11 is 1.90. The molecule has 2 aliphatic carbocycles. The predicted molar refractivity (Wildman–Crippen MR) is 253 cm³/mol. The van der Waals surface area contributed by atoms with Gasteiger partial charge in [0, 0.05) is 34.5 Å². The van der Waals surface area contributed by atoms with Crippen molar-refractivity contribution in [2.45, 2.75) is 132 Å². The molecule has 1 aromatic carbocycles. The van der Waals surface area contributed by atoms with Crippen molar-refractivity contribution in [3.8, 4) is 0 Å². The highest BCUT2D eigenvalue weighted by Gasteiger charge is 2.37. The SMILES string of the molecule is C=C/C=C(\C=C\N(C/C=C/C(C)(C)CCC(C)(C)/C=C/C)/C(C)=C\[B]c1cc2cc3c(cc2s1)C(C)(C)CCC3(C)C)NC1=CC(C)CC=C1/C=C/CCC=C.